The summed E-state index contributed by atoms with van der Waals surface area (Å²) >= 11 is 0. The molecule has 5 heteroatoms. The average Bonchev–Trinajstić information content (AvgIpc) is 1.53. The Hall–Kier alpha value is -0.940. The number of rotatable bonds is 4. The first-order chi connectivity index (χ1) is 4.81. The molecule has 0 saturated carbocycles. The van der Waals surface area contributed by atoms with Crippen molar-refractivity contribution in [2.75, 3.05) is 27.7 Å². The molecule has 0 spiro atoms. The number of carbonyl (C=O) groups excluding carboxylic acids is 1. The molecule has 0 rings (SSSR count). The van der Waals surface area contributed by atoms with E-state index in [1.165, 1.54) is 0 Å². The van der Waals surface area contributed by atoms with Gasteiger partial charge in [-0.15, -0.1) is 0 Å². The molecule has 0 heterocycles. The van der Waals surface area contributed by atoms with Gasteiger partial charge in [0.25, 0.3) is 0 Å². The average molecular weight is 177 g/mol. The topological polar surface area (TPSA) is 84.4 Å². The van der Waals surface area contributed by atoms with Crippen LogP contribution in [0.3, 0.4) is 0 Å². The van der Waals surface area contributed by atoms with Crippen molar-refractivity contribution in [1.29, 1.82) is 0 Å². The highest BCUT2D eigenvalue weighted by molar-refractivity contribution is 5.95. The summed E-state index contributed by atoms with van der Waals surface area (Å²) in [4.78, 5) is 20.9. The van der Waals surface area contributed by atoms with E-state index in [2.05, 4.69) is 0 Å². The van der Waals surface area contributed by atoms with Gasteiger partial charge in [-0.1, -0.05) is 0 Å². The second kappa shape index (κ2) is 4.84. The molecule has 0 aromatic heterocycles. The van der Waals surface area contributed by atoms with Gasteiger partial charge in [-0.05, 0) is 0 Å². The first kappa shape index (κ1) is 13.6. The highest BCUT2D eigenvalue weighted by atomic mass is 16.4. The van der Waals surface area contributed by atoms with Crippen molar-refractivity contribution in [2.24, 2.45) is 0 Å². The summed E-state index contributed by atoms with van der Waals surface area (Å²) < 4.78 is 0.478. The molecular weight excluding hydrogens is 162 g/mol. The summed E-state index contributed by atoms with van der Waals surface area (Å²) in [5.74, 6) is -1.28. The van der Waals surface area contributed by atoms with Crippen molar-refractivity contribution in [3.63, 3.8) is 0 Å². The van der Waals surface area contributed by atoms with Gasteiger partial charge in [0.05, 0.1) is 21.1 Å². The standard InChI is InChI=1S/C7H13NO3.H2O/c1-8(2,3)5-6(9)4-7(10)11;/h4-5H2,1-3H3;1H2. The molecule has 0 bridgehead atoms. The van der Waals surface area contributed by atoms with Crippen LogP contribution in [0.2, 0.25) is 0 Å². The van der Waals surface area contributed by atoms with E-state index < -0.39 is 5.97 Å². The second-order valence-corrected chi connectivity index (χ2v) is 3.56. The fourth-order valence-corrected chi connectivity index (χ4v) is 0.754. The number of aliphatic carboxylic acids is 1. The molecule has 0 aliphatic rings. The zero-order valence-electron chi connectivity index (χ0n) is 7.57. The van der Waals surface area contributed by atoms with Crippen LogP contribution in [0.5, 0.6) is 0 Å². The molecule has 0 aromatic carbocycles. The number of likely N-dealkylation sites (N-methyl/N-ethyl adjacent to an activating group) is 1. The Bertz CT molecular complexity index is 171. The zero-order chi connectivity index (χ0) is 9.07. The van der Waals surface area contributed by atoms with Crippen LogP contribution in [-0.2, 0) is 9.59 Å². The predicted octanol–water partition coefficient (Wildman–Crippen LogP) is -0.440. The molecule has 0 fully saturated rings. The molecule has 5 nitrogen and oxygen atoms in total. The zero-order valence-corrected chi connectivity index (χ0v) is 7.57. The SMILES string of the molecule is C[N+](C)(C)CC(=O)CC(=O)O.[OH-]. The Morgan fingerprint density at radius 3 is 1.92 bits per heavy atom. The van der Waals surface area contributed by atoms with Crippen LogP contribution in [0, 0.1) is 0 Å². The molecule has 0 aliphatic heterocycles. The maximum Gasteiger partial charge on any atom is 0.311 e. The van der Waals surface area contributed by atoms with Crippen molar-refractivity contribution in [2.45, 2.75) is 6.42 Å². The van der Waals surface area contributed by atoms with Crippen LogP contribution in [0.4, 0.5) is 0 Å². The third kappa shape index (κ3) is 9.06. The third-order valence-electron chi connectivity index (χ3n) is 0.999. The molecular formula is C7H15NO4. The van der Waals surface area contributed by atoms with Gasteiger partial charge < -0.3 is 15.1 Å². The normalized spacial score (nSPS) is 10.2. The first-order valence-corrected chi connectivity index (χ1v) is 3.35. The molecule has 0 saturated heterocycles. The fraction of sp³-hybridized carbons (Fsp3) is 0.714. The summed E-state index contributed by atoms with van der Waals surface area (Å²) in [6, 6.07) is 0. The van der Waals surface area contributed by atoms with Gasteiger partial charge >= 0.3 is 5.97 Å². The summed E-state index contributed by atoms with van der Waals surface area (Å²) in [5, 5.41) is 8.25. The Morgan fingerprint density at radius 1 is 1.25 bits per heavy atom. The minimum atomic E-state index is -1.05. The molecule has 2 N–H and O–H groups in total. The van der Waals surface area contributed by atoms with Gasteiger partial charge in [0, 0.05) is 0 Å². The third-order valence-corrected chi connectivity index (χ3v) is 0.999. The lowest BCUT2D eigenvalue weighted by Gasteiger charge is -2.22. The summed E-state index contributed by atoms with van der Waals surface area (Å²) in [5.41, 5.74) is 0. The lowest BCUT2D eigenvalue weighted by Crippen LogP contribution is -2.39. The number of nitrogens with zero attached hydrogens (tertiary/aromatic N) is 1. The Balaban J connectivity index is 0. The minimum absolute atomic E-state index is 0. The number of carboxylic acids is 1. The van der Waals surface area contributed by atoms with Crippen molar-refractivity contribution < 1.29 is 24.7 Å². The summed E-state index contributed by atoms with van der Waals surface area (Å²) in [7, 11) is 5.54. The molecule has 0 aromatic rings. The van der Waals surface area contributed by atoms with E-state index >= 15 is 0 Å². The quantitative estimate of drug-likeness (QED) is 0.466. The second-order valence-electron chi connectivity index (χ2n) is 3.56. The van der Waals surface area contributed by atoms with E-state index in [0.29, 0.717) is 4.48 Å². The molecule has 0 unspecified atom stereocenters. The smallest absolute Gasteiger partial charge is 0.311 e. The largest absolute Gasteiger partial charge is 0.870 e. The molecule has 0 radical (unpaired) electrons. The van der Waals surface area contributed by atoms with Crippen LogP contribution in [0.25, 0.3) is 0 Å². The van der Waals surface area contributed by atoms with Crippen molar-refractivity contribution in [3.05, 3.63) is 0 Å². The highest BCUT2D eigenvalue weighted by Gasteiger charge is 2.16. The van der Waals surface area contributed by atoms with E-state index in [0.717, 1.165) is 0 Å². The number of Topliss-reactive ketones (excluding diaryl/α,β-unsaturated/α-hetero) is 1. The van der Waals surface area contributed by atoms with E-state index in [1.807, 2.05) is 21.1 Å². The van der Waals surface area contributed by atoms with E-state index in [4.69, 9.17) is 5.11 Å². The van der Waals surface area contributed by atoms with Crippen LogP contribution >= 0.6 is 0 Å². The monoisotopic (exact) mass is 177 g/mol. The van der Waals surface area contributed by atoms with Gasteiger partial charge in [-0.25, -0.2) is 0 Å². The predicted molar refractivity (Wildman–Crippen MR) is 42.1 cm³/mol. The van der Waals surface area contributed by atoms with Gasteiger partial charge in [-0.2, -0.15) is 0 Å². The van der Waals surface area contributed by atoms with Crippen molar-refractivity contribution in [3.8, 4) is 0 Å². The molecule has 0 atom stereocenters. The highest BCUT2D eigenvalue weighted by Crippen LogP contribution is 1.93. The van der Waals surface area contributed by atoms with E-state index in [-0.39, 0.29) is 24.2 Å². The molecule has 12 heavy (non-hydrogen) atoms. The maximum absolute atomic E-state index is 10.9. The van der Waals surface area contributed by atoms with E-state index in [9.17, 15) is 9.59 Å². The van der Waals surface area contributed by atoms with Gasteiger partial charge in [-0.3, -0.25) is 9.59 Å². The lowest BCUT2D eigenvalue weighted by atomic mass is 10.2. The Kier molecular flexibility index (Phi) is 5.50. The Morgan fingerprint density at radius 2 is 1.67 bits per heavy atom. The number of hydrogen-bond donors (Lipinski definition) is 1. The lowest BCUT2D eigenvalue weighted by molar-refractivity contribution is -0.862. The van der Waals surface area contributed by atoms with Gasteiger partial charge in [0.15, 0.2) is 5.78 Å². The summed E-state index contributed by atoms with van der Waals surface area (Å²) in [6.07, 6.45) is -0.366. The van der Waals surface area contributed by atoms with Crippen LogP contribution in [0.15, 0.2) is 0 Å². The minimum Gasteiger partial charge on any atom is -0.870 e. The van der Waals surface area contributed by atoms with Gasteiger partial charge in [0.1, 0.15) is 13.0 Å². The maximum atomic E-state index is 10.9. The molecule has 0 amide bonds. The van der Waals surface area contributed by atoms with E-state index in [1.54, 1.807) is 0 Å². The Labute approximate surface area is 71.5 Å². The fourth-order valence-electron chi connectivity index (χ4n) is 0.754. The molecule has 72 valence electrons. The van der Waals surface area contributed by atoms with Crippen molar-refractivity contribution in [1.82, 2.24) is 0 Å². The van der Waals surface area contributed by atoms with Crippen LogP contribution < -0.4 is 0 Å². The van der Waals surface area contributed by atoms with Crippen molar-refractivity contribution >= 4 is 11.8 Å². The van der Waals surface area contributed by atoms with Crippen LogP contribution in [0.1, 0.15) is 6.42 Å². The first-order valence-electron chi connectivity index (χ1n) is 3.35. The van der Waals surface area contributed by atoms with Gasteiger partial charge in [0.2, 0.25) is 0 Å². The number of hydrogen-bond acceptors (Lipinski definition) is 3. The number of ketones is 1. The molecule has 0 aliphatic carbocycles. The number of carboxylic acid groups (broad SMARTS) is 1. The van der Waals surface area contributed by atoms with Crippen LogP contribution in [-0.4, -0.2) is 54.5 Å². The number of quaternary nitrogens is 1. The summed E-state index contributed by atoms with van der Waals surface area (Å²) in [6.45, 7) is 0.270. The number of carbonyl (C=O) groups is 2.